The topological polar surface area (TPSA) is 55.8 Å². The van der Waals surface area contributed by atoms with Crippen molar-refractivity contribution < 1.29 is 19.1 Å². The van der Waals surface area contributed by atoms with Gasteiger partial charge >= 0.3 is 5.97 Å². The molecule has 1 saturated heterocycles. The minimum atomic E-state index is -0.343. The number of esters is 1. The molecular formula is C12H19NO4. The highest BCUT2D eigenvalue weighted by Gasteiger charge is 2.38. The molecule has 5 heteroatoms. The van der Waals surface area contributed by atoms with Gasteiger partial charge in [-0.2, -0.15) is 0 Å². The van der Waals surface area contributed by atoms with Crippen molar-refractivity contribution >= 4 is 11.9 Å². The van der Waals surface area contributed by atoms with Gasteiger partial charge in [0, 0.05) is 12.6 Å². The second kappa shape index (κ2) is 5.49. The molecule has 96 valence electrons. The lowest BCUT2D eigenvalue weighted by molar-refractivity contribution is -0.152. The van der Waals surface area contributed by atoms with E-state index in [9.17, 15) is 9.59 Å². The molecule has 0 bridgehead atoms. The predicted octanol–water partition coefficient (Wildman–Crippen LogP) is 0.719. The summed E-state index contributed by atoms with van der Waals surface area (Å²) in [6, 6.07) is 0.219. The molecule has 2 aliphatic rings. The molecule has 1 aliphatic heterocycles. The van der Waals surface area contributed by atoms with Gasteiger partial charge in [0.25, 0.3) is 5.91 Å². The van der Waals surface area contributed by atoms with Crippen molar-refractivity contribution in [2.75, 3.05) is 19.8 Å². The summed E-state index contributed by atoms with van der Waals surface area (Å²) in [7, 11) is 0. The van der Waals surface area contributed by atoms with Crippen LogP contribution >= 0.6 is 0 Å². The summed E-state index contributed by atoms with van der Waals surface area (Å²) in [5.74, 6) is -0.371. The Labute approximate surface area is 101 Å². The number of ether oxygens (including phenoxy) is 2. The number of amides is 1. The van der Waals surface area contributed by atoms with Crippen molar-refractivity contribution in [3.05, 3.63) is 0 Å². The number of rotatable bonds is 5. The first-order valence-corrected chi connectivity index (χ1v) is 6.30. The highest BCUT2D eigenvalue weighted by atomic mass is 16.5. The standard InChI is InChI=1S/C12H19NO4/c1-2-16-11(14)8-13(9-5-6-9)12(15)10-4-3-7-17-10/h9-10H,2-8H2,1H3/t10-/m0/s1. The van der Waals surface area contributed by atoms with Gasteiger partial charge in [-0.1, -0.05) is 0 Å². The lowest BCUT2D eigenvalue weighted by Crippen LogP contribution is -2.43. The van der Waals surface area contributed by atoms with Crippen LogP contribution in [0, 0.1) is 0 Å². The number of nitrogens with zero attached hydrogens (tertiary/aromatic N) is 1. The molecule has 17 heavy (non-hydrogen) atoms. The fraction of sp³-hybridized carbons (Fsp3) is 0.833. The number of hydrogen-bond donors (Lipinski definition) is 0. The minimum Gasteiger partial charge on any atom is -0.465 e. The molecule has 0 aromatic heterocycles. The van der Waals surface area contributed by atoms with Gasteiger partial charge in [0.15, 0.2) is 0 Å². The first-order chi connectivity index (χ1) is 8.22. The van der Waals surface area contributed by atoms with Gasteiger partial charge in [0.05, 0.1) is 6.61 Å². The Kier molecular flexibility index (Phi) is 3.99. The molecular weight excluding hydrogens is 222 g/mol. The zero-order valence-corrected chi connectivity index (χ0v) is 10.2. The average molecular weight is 241 g/mol. The van der Waals surface area contributed by atoms with Crippen molar-refractivity contribution in [1.82, 2.24) is 4.90 Å². The molecule has 0 aromatic carbocycles. The zero-order valence-electron chi connectivity index (χ0n) is 10.2. The zero-order chi connectivity index (χ0) is 12.3. The molecule has 0 aromatic rings. The Hall–Kier alpha value is -1.10. The highest BCUT2D eigenvalue weighted by Crippen LogP contribution is 2.29. The maximum atomic E-state index is 12.2. The third-order valence-corrected chi connectivity index (χ3v) is 3.08. The van der Waals surface area contributed by atoms with Crippen molar-refractivity contribution in [2.24, 2.45) is 0 Å². The van der Waals surface area contributed by atoms with Gasteiger partial charge in [-0.3, -0.25) is 9.59 Å². The smallest absolute Gasteiger partial charge is 0.325 e. The van der Waals surface area contributed by atoms with E-state index in [-0.39, 0.29) is 30.6 Å². The van der Waals surface area contributed by atoms with E-state index >= 15 is 0 Å². The Bertz CT molecular complexity index is 295. The van der Waals surface area contributed by atoms with Gasteiger partial charge in [0.1, 0.15) is 12.6 Å². The molecule has 1 atom stereocenters. The summed E-state index contributed by atoms with van der Waals surface area (Å²) >= 11 is 0. The molecule has 0 radical (unpaired) electrons. The van der Waals surface area contributed by atoms with Crippen LogP contribution in [0.25, 0.3) is 0 Å². The SMILES string of the molecule is CCOC(=O)CN(C(=O)[C@@H]1CCCO1)C1CC1. The van der Waals surface area contributed by atoms with Crippen LogP contribution < -0.4 is 0 Å². The van der Waals surface area contributed by atoms with E-state index in [1.165, 1.54) is 0 Å². The third kappa shape index (κ3) is 3.19. The molecule has 1 saturated carbocycles. The Morgan fingerprint density at radius 3 is 2.65 bits per heavy atom. The van der Waals surface area contributed by atoms with Crippen molar-refractivity contribution in [3.63, 3.8) is 0 Å². The van der Waals surface area contributed by atoms with E-state index in [1.54, 1.807) is 11.8 Å². The molecule has 0 unspecified atom stereocenters. The van der Waals surface area contributed by atoms with Crippen LogP contribution in [-0.4, -0.2) is 48.7 Å². The lowest BCUT2D eigenvalue weighted by atomic mass is 10.2. The van der Waals surface area contributed by atoms with E-state index in [0.29, 0.717) is 13.2 Å². The van der Waals surface area contributed by atoms with Crippen LogP contribution in [0.2, 0.25) is 0 Å². The molecule has 0 N–H and O–H groups in total. The van der Waals surface area contributed by atoms with Crippen LogP contribution in [0.15, 0.2) is 0 Å². The summed E-state index contributed by atoms with van der Waals surface area (Å²) in [6.07, 6.45) is 3.32. The van der Waals surface area contributed by atoms with Gasteiger partial charge in [-0.05, 0) is 32.6 Å². The molecule has 1 amide bonds. The summed E-state index contributed by atoms with van der Waals surface area (Å²) < 4.78 is 10.3. The molecule has 2 fully saturated rings. The second-order valence-corrected chi connectivity index (χ2v) is 4.50. The maximum absolute atomic E-state index is 12.2. The third-order valence-electron chi connectivity index (χ3n) is 3.08. The molecule has 1 heterocycles. The fourth-order valence-corrected chi connectivity index (χ4v) is 2.08. The minimum absolute atomic E-state index is 0.0435. The van der Waals surface area contributed by atoms with Crippen molar-refractivity contribution in [1.29, 1.82) is 0 Å². The van der Waals surface area contributed by atoms with Crippen LogP contribution in [0.1, 0.15) is 32.6 Å². The predicted molar refractivity (Wildman–Crippen MR) is 60.3 cm³/mol. The first-order valence-electron chi connectivity index (χ1n) is 6.30. The summed E-state index contributed by atoms with van der Waals surface area (Å²) in [5, 5.41) is 0. The van der Waals surface area contributed by atoms with Crippen molar-refractivity contribution in [2.45, 2.75) is 44.8 Å². The summed E-state index contributed by atoms with van der Waals surface area (Å²) in [5.41, 5.74) is 0. The largest absolute Gasteiger partial charge is 0.465 e. The molecule has 1 aliphatic carbocycles. The first kappa shape index (κ1) is 12.4. The van der Waals surface area contributed by atoms with Crippen LogP contribution in [-0.2, 0) is 19.1 Å². The van der Waals surface area contributed by atoms with E-state index in [2.05, 4.69) is 0 Å². The van der Waals surface area contributed by atoms with Gasteiger partial charge in [0.2, 0.25) is 0 Å². The van der Waals surface area contributed by atoms with E-state index in [1.807, 2.05) is 0 Å². The fourth-order valence-electron chi connectivity index (χ4n) is 2.08. The Morgan fingerprint density at radius 2 is 2.12 bits per heavy atom. The van der Waals surface area contributed by atoms with E-state index in [4.69, 9.17) is 9.47 Å². The average Bonchev–Trinajstić information content (AvgIpc) is 3.00. The summed E-state index contributed by atoms with van der Waals surface area (Å²) in [4.78, 5) is 25.2. The van der Waals surface area contributed by atoms with Crippen molar-refractivity contribution in [3.8, 4) is 0 Å². The molecule has 0 spiro atoms. The number of carbonyl (C=O) groups is 2. The normalized spacial score (nSPS) is 23.5. The Balaban J connectivity index is 1.91. The van der Waals surface area contributed by atoms with E-state index in [0.717, 1.165) is 25.7 Å². The maximum Gasteiger partial charge on any atom is 0.325 e. The van der Waals surface area contributed by atoms with Gasteiger partial charge in [-0.25, -0.2) is 0 Å². The lowest BCUT2D eigenvalue weighted by Gasteiger charge is -2.24. The molecule has 5 nitrogen and oxygen atoms in total. The monoisotopic (exact) mass is 241 g/mol. The molecule has 2 rings (SSSR count). The quantitative estimate of drug-likeness (QED) is 0.665. The van der Waals surface area contributed by atoms with E-state index < -0.39 is 0 Å². The Morgan fingerprint density at radius 1 is 1.35 bits per heavy atom. The van der Waals surface area contributed by atoms with Gasteiger partial charge in [-0.15, -0.1) is 0 Å². The van der Waals surface area contributed by atoms with Gasteiger partial charge < -0.3 is 14.4 Å². The number of hydrogen-bond acceptors (Lipinski definition) is 4. The van der Waals surface area contributed by atoms with Crippen LogP contribution in [0.4, 0.5) is 0 Å². The van der Waals surface area contributed by atoms with Crippen LogP contribution in [0.5, 0.6) is 0 Å². The number of carbonyl (C=O) groups excluding carboxylic acids is 2. The van der Waals surface area contributed by atoms with Crippen LogP contribution in [0.3, 0.4) is 0 Å². The second-order valence-electron chi connectivity index (χ2n) is 4.50. The summed E-state index contributed by atoms with van der Waals surface area (Å²) in [6.45, 7) is 2.83. The highest BCUT2D eigenvalue weighted by molar-refractivity contribution is 5.85.